The first-order valence-corrected chi connectivity index (χ1v) is 5.48. The fraction of sp³-hybridized carbons (Fsp3) is 0.467. The normalized spacial score (nSPS) is 10.3. The first-order chi connectivity index (χ1) is 6.84. The molecular formula is C15H24. The minimum atomic E-state index is 0.274. The van der Waals surface area contributed by atoms with E-state index in [1.807, 2.05) is 6.92 Å². The van der Waals surface area contributed by atoms with Gasteiger partial charge in [0.25, 0.3) is 0 Å². The molecule has 0 radical (unpaired) electrons. The smallest absolute Gasteiger partial charge is 0.0129 e. The third-order valence-corrected chi connectivity index (χ3v) is 2.41. The van der Waals surface area contributed by atoms with Crippen LogP contribution in [-0.2, 0) is 5.41 Å². The van der Waals surface area contributed by atoms with Gasteiger partial charge < -0.3 is 0 Å². The van der Waals surface area contributed by atoms with Crippen molar-refractivity contribution in [2.24, 2.45) is 0 Å². The van der Waals surface area contributed by atoms with Gasteiger partial charge in [0.1, 0.15) is 0 Å². The molecule has 0 heteroatoms. The van der Waals surface area contributed by atoms with Gasteiger partial charge in [0, 0.05) is 0 Å². The van der Waals surface area contributed by atoms with E-state index >= 15 is 0 Å². The van der Waals surface area contributed by atoms with E-state index in [1.54, 1.807) is 6.08 Å². The Bertz CT molecular complexity index is 313. The SMILES string of the molecule is C=CC.Cc1cccc(C(C)(C)C)c1C. The van der Waals surface area contributed by atoms with Gasteiger partial charge in [-0.1, -0.05) is 45.0 Å². The highest BCUT2D eigenvalue weighted by molar-refractivity contribution is 5.37. The monoisotopic (exact) mass is 204 g/mol. The average Bonchev–Trinajstić information content (AvgIpc) is 2.09. The third-order valence-electron chi connectivity index (χ3n) is 2.41. The lowest BCUT2D eigenvalue weighted by atomic mass is 9.83. The van der Waals surface area contributed by atoms with Gasteiger partial charge in [0.05, 0.1) is 0 Å². The van der Waals surface area contributed by atoms with Crippen molar-refractivity contribution in [2.45, 2.75) is 47.0 Å². The van der Waals surface area contributed by atoms with Gasteiger partial charge in [0.15, 0.2) is 0 Å². The summed E-state index contributed by atoms with van der Waals surface area (Å²) in [4.78, 5) is 0. The van der Waals surface area contributed by atoms with Crippen LogP contribution in [-0.4, -0.2) is 0 Å². The molecule has 0 atom stereocenters. The zero-order chi connectivity index (χ0) is 12.1. The van der Waals surface area contributed by atoms with E-state index in [2.05, 4.69) is 59.4 Å². The second-order valence-electron chi connectivity index (χ2n) is 4.91. The fourth-order valence-electron chi connectivity index (χ4n) is 1.56. The fourth-order valence-corrected chi connectivity index (χ4v) is 1.56. The molecule has 0 heterocycles. The summed E-state index contributed by atoms with van der Waals surface area (Å²) in [6.45, 7) is 16.4. The van der Waals surface area contributed by atoms with E-state index in [1.165, 1.54) is 16.7 Å². The van der Waals surface area contributed by atoms with Gasteiger partial charge >= 0.3 is 0 Å². The summed E-state index contributed by atoms with van der Waals surface area (Å²) >= 11 is 0. The highest BCUT2D eigenvalue weighted by Crippen LogP contribution is 2.26. The van der Waals surface area contributed by atoms with E-state index < -0.39 is 0 Å². The molecule has 0 bridgehead atoms. The van der Waals surface area contributed by atoms with E-state index in [0.29, 0.717) is 0 Å². The van der Waals surface area contributed by atoms with Gasteiger partial charge in [0.2, 0.25) is 0 Å². The van der Waals surface area contributed by atoms with Gasteiger partial charge in [-0.05, 0) is 42.9 Å². The number of allylic oxidation sites excluding steroid dienone is 1. The molecule has 0 aliphatic carbocycles. The molecule has 0 saturated heterocycles. The van der Waals surface area contributed by atoms with Crippen LogP contribution in [0.3, 0.4) is 0 Å². The van der Waals surface area contributed by atoms with Gasteiger partial charge in [-0.25, -0.2) is 0 Å². The predicted molar refractivity (Wildman–Crippen MR) is 70.5 cm³/mol. The van der Waals surface area contributed by atoms with Crippen LogP contribution in [0.2, 0.25) is 0 Å². The van der Waals surface area contributed by atoms with Crippen LogP contribution in [0.5, 0.6) is 0 Å². The van der Waals surface area contributed by atoms with Crippen molar-refractivity contribution in [1.29, 1.82) is 0 Å². The number of hydrogen-bond donors (Lipinski definition) is 0. The molecule has 15 heavy (non-hydrogen) atoms. The van der Waals surface area contributed by atoms with Crippen molar-refractivity contribution >= 4 is 0 Å². The van der Waals surface area contributed by atoms with Gasteiger partial charge in [-0.2, -0.15) is 0 Å². The van der Waals surface area contributed by atoms with E-state index in [9.17, 15) is 0 Å². The Labute approximate surface area is 95.0 Å². The first kappa shape index (κ1) is 14.0. The van der Waals surface area contributed by atoms with E-state index in [-0.39, 0.29) is 5.41 Å². The van der Waals surface area contributed by atoms with Crippen molar-refractivity contribution < 1.29 is 0 Å². The highest BCUT2D eigenvalue weighted by atomic mass is 14.2. The molecule has 0 aromatic heterocycles. The number of hydrogen-bond acceptors (Lipinski definition) is 0. The molecule has 0 N–H and O–H groups in total. The number of aryl methyl sites for hydroxylation is 1. The molecule has 1 rings (SSSR count). The molecule has 0 nitrogen and oxygen atoms in total. The first-order valence-electron chi connectivity index (χ1n) is 5.48. The average molecular weight is 204 g/mol. The summed E-state index contributed by atoms with van der Waals surface area (Å²) in [5.41, 5.74) is 4.56. The molecule has 0 spiro atoms. The maximum Gasteiger partial charge on any atom is -0.0129 e. The zero-order valence-corrected chi connectivity index (χ0v) is 11.0. The minimum absolute atomic E-state index is 0.274. The third kappa shape index (κ3) is 4.33. The Kier molecular flexibility index (Phi) is 5.35. The summed E-state index contributed by atoms with van der Waals surface area (Å²) in [7, 11) is 0. The molecule has 0 aliphatic heterocycles. The van der Waals surface area contributed by atoms with Crippen molar-refractivity contribution in [3.05, 3.63) is 47.5 Å². The quantitative estimate of drug-likeness (QED) is 0.533. The Balaban J connectivity index is 0.000000583. The lowest BCUT2D eigenvalue weighted by Gasteiger charge is -2.22. The van der Waals surface area contributed by atoms with Gasteiger partial charge in [-0.3, -0.25) is 0 Å². The minimum Gasteiger partial charge on any atom is -0.103 e. The largest absolute Gasteiger partial charge is 0.103 e. The molecular weight excluding hydrogens is 180 g/mol. The summed E-state index contributed by atoms with van der Waals surface area (Å²) in [5.74, 6) is 0. The van der Waals surface area contributed by atoms with Crippen LogP contribution in [0.1, 0.15) is 44.4 Å². The van der Waals surface area contributed by atoms with Crippen molar-refractivity contribution in [3.8, 4) is 0 Å². The standard InChI is InChI=1S/C12H18.C3H6/c1-9-7-6-8-11(10(9)2)12(3,4)5;1-3-2/h6-8H,1-5H3;3H,1H2,2H3. The summed E-state index contributed by atoms with van der Waals surface area (Å²) in [6.07, 6.45) is 1.75. The number of rotatable bonds is 0. The topological polar surface area (TPSA) is 0 Å². The molecule has 0 saturated carbocycles. The molecule has 0 fully saturated rings. The van der Waals surface area contributed by atoms with Crippen LogP contribution >= 0.6 is 0 Å². The second kappa shape index (κ2) is 5.75. The lowest BCUT2D eigenvalue weighted by Crippen LogP contribution is -2.13. The number of benzene rings is 1. The molecule has 1 aromatic carbocycles. The van der Waals surface area contributed by atoms with Crippen molar-refractivity contribution in [3.63, 3.8) is 0 Å². The Morgan fingerprint density at radius 3 is 1.93 bits per heavy atom. The van der Waals surface area contributed by atoms with Crippen molar-refractivity contribution in [1.82, 2.24) is 0 Å². The van der Waals surface area contributed by atoms with Crippen LogP contribution in [0.25, 0.3) is 0 Å². The Hall–Kier alpha value is -1.04. The molecule has 0 unspecified atom stereocenters. The van der Waals surface area contributed by atoms with Crippen molar-refractivity contribution in [2.75, 3.05) is 0 Å². The van der Waals surface area contributed by atoms with Crippen LogP contribution < -0.4 is 0 Å². The molecule has 84 valence electrons. The van der Waals surface area contributed by atoms with Crippen LogP contribution in [0.15, 0.2) is 30.9 Å². The predicted octanol–water partition coefficient (Wildman–Crippen LogP) is 4.79. The zero-order valence-electron chi connectivity index (χ0n) is 11.0. The Morgan fingerprint density at radius 1 is 1.13 bits per heavy atom. The maximum absolute atomic E-state index is 3.36. The van der Waals surface area contributed by atoms with Gasteiger partial charge in [-0.15, -0.1) is 6.58 Å². The van der Waals surface area contributed by atoms with E-state index in [0.717, 1.165) is 0 Å². The van der Waals surface area contributed by atoms with Crippen LogP contribution in [0.4, 0.5) is 0 Å². The summed E-state index contributed by atoms with van der Waals surface area (Å²) < 4.78 is 0. The second-order valence-corrected chi connectivity index (χ2v) is 4.91. The summed E-state index contributed by atoms with van der Waals surface area (Å²) in [6, 6.07) is 6.54. The maximum atomic E-state index is 3.36. The molecule has 0 amide bonds. The molecule has 0 aliphatic rings. The summed E-state index contributed by atoms with van der Waals surface area (Å²) in [5, 5.41) is 0. The lowest BCUT2D eigenvalue weighted by molar-refractivity contribution is 0.585. The highest BCUT2D eigenvalue weighted by Gasteiger charge is 2.15. The molecule has 1 aromatic rings. The van der Waals surface area contributed by atoms with Crippen LogP contribution in [0, 0.1) is 13.8 Å². The van der Waals surface area contributed by atoms with E-state index in [4.69, 9.17) is 0 Å². The Morgan fingerprint density at radius 2 is 1.60 bits per heavy atom.